The Balaban J connectivity index is 1.79. The number of hydrogen-bond acceptors (Lipinski definition) is 2. The normalized spacial score (nSPS) is 12.3. The molecular weight excluding hydrogens is 212 g/mol. The number of hydrogen-bond donors (Lipinski definition) is 2. The van der Waals surface area contributed by atoms with E-state index in [0.29, 0.717) is 6.54 Å². The smallest absolute Gasteiger partial charge is 0.128 e. The van der Waals surface area contributed by atoms with E-state index in [1.165, 1.54) is 5.56 Å². The van der Waals surface area contributed by atoms with Crippen molar-refractivity contribution in [1.29, 1.82) is 0 Å². The van der Waals surface area contributed by atoms with Gasteiger partial charge in [-0.2, -0.15) is 0 Å². The van der Waals surface area contributed by atoms with Crippen LogP contribution in [0.2, 0.25) is 0 Å². The van der Waals surface area contributed by atoms with Crippen molar-refractivity contribution in [3.8, 4) is 0 Å². The van der Waals surface area contributed by atoms with E-state index in [2.05, 4.69) is 10.3 Å². The molecule has 3 N–H and O–H groups in total. The van der Waals surface area contributed by atoms with Gasteiger partial charge in [0.05, 0.1) is 0 Å². The van der Waals surface area contributed by atoms with Gasteiger partial charge in [-0.3, -0.25) is 4.98 Å². The highest BCUT2D eigenvalue weighted by molar-refractivity contribution is 5.17. The predicted molar refractivity (Wildman–Crippen MR) is 66.1 cm³/mol. The maximum Gasteiger partial charge on any atom is 0.128 e. The van der Waals surface area contributed by atoms with Crippen LogP contribution in [0.15, 0.2) is 54.9 Å². The molecule has 0 aliphatic rings. The Morgan fingerprint density at radius 1 is 1.06 bits per heavy atom. The van der Waals surface area contributed by atoms with Crippen molar-refractivity contribution in [2.24, 2.45) is 0 Å². The van der Waals surface area contributed by atoms with Gasteiger partial charge in [0, 0.05) is 18.0 Å². The van der Waals surface area contributed by atoms with E-state index in [-0.39, 0.29) is 0 Å². The first-order valence-corrected chi connectivity index (χ1v) is 5.80. The Kier molecular flexibility index (Phi) is 4.24. The van der Waals surface area contributed by atoms with Crippen molar-refractivity contribution in [3.05, 3.63) is 66.0 Å². The van der Waals surface area contributed by atoms with Crippen LogP contribution in [-0.4, -0.2) is 16.6 Å². The highest BCUT2D eigenvalue weighted by Gasteiger charge is 2.08. The van der Waals surface area contributed by atoms with Crippen LogP contribution >= 0.6 is 0 Å². The molecule has 0 radical (unpaired) electrons. The van der Waals surface area contributed by atoms with Crippen LogP contribution in [0.5, 0.6) is 0 Å². The van der Waals surface area contributed by atoms with Gasteiger partial charge in [-0.15, -0.1) is 0 Å². The van der Waals surface area contributed by atoms with Crippen molar-refractivity contribution in [3.63, 3.8) is 0 Å². The van der Waals surface area contributed by atoms with Gasteiger partial charge >= 0.3 is 0 Å². The number of quaternary nitrogens is 1. The number of nitrogens with two attached hydrogens (primary N) is 1. The Morgan fingerprint density at radius 3 is 2.47 bits per heavy atom. The van der Waals surface area contributed by atoms with Crippen molar-refractivity contribution in [1.82, 2.24) is 4.98 Å². The molecule has 0 spiro atoms. The number of aliphatic hydroxyl groups excluding tert-OH is 1. The molecule has 3 nitrogen and oxygen atoms in total. The Morgan fingerprint density at radius 2 is 1.76 bits per heavy atom. The first kappa shape index (κ1) is 11.8. The molecule has 1 heterocycles. The van der Waals surface area contributed by atoms with Crippen LogP contribution < -0.4 is 5.32 Å². The summed E-state index contributed by atoms with van der Waals surface area (Å²) in [6, 6.07) is 13.7. The molecular formula is C14H17N2O+. The molecule has 88 valence electrons. The number of pyridine rings is 1. The molecule has 0 aliphatic heterocycles. The second-order valence-electron chi connectivity index (χ2n) is 4.01. The second-order valence-corrected chi connectivity index (χ2v) is 4.01. The van der Waals surface area contributed by atoms with Gasteiger partial charge in [-0.05, 0) is 17.7 Å². The zero-order valence-corrected chi connectivity index (χ0v) is 9.66. The minimum atomic E-state index is -0.405. The summed E-state index contributed by atoms with van der Waals surface area (Å²) in [6.45, 7) is 1.54. The average Bonchev–Trinajstić information content (AvgIpc) is 2.41. The molecule has 3 heteroatoms. The van der Waals surface area contributed by atoms with Gasteiger partial charge in [0.2, 0.25) is 0 Å². The van der Waals surface area contributed by atoms with Crippen LogP contribution in [0.1, 0.15) is 17.2 Å². The molecule has 1 atom stereocenters. The molecule has 0 saturated carbocycles. The molecule has 1 aromatic carbocycles. The quantitative estimate of drug-likeness (QED) is 0.799. The van der Waals surface area contributed by atoms with E-state index in [1.54, 1.807) is 12.4 Å². The zero-order chi connectivity index (χ0) is 11.9. The molecule has 2 aromatic rings. The van der Waals surface area contributed by atoms with Gasteiger partial charge in [-0.1, -0.05) is 30.3 Å². The summed E-state index contributed by atoms with van der Waals surface area (Å²) in [5.41, 5.74) is 2.19. The van der Waals surface area contributed by atoms with Crippen LogP contribution in [0.4, 0.5) is 0 Å². The van der Waals surface area contributed by atoms with Crippen molar-refractivity contribution < 1.29 is 10.4 Å². The van der Waals surface area contributed by atoms with Crippen LogP contribution in [0.25, 0.3) is 0 Å². The largest absolute Gasteiger partial charge is 0.382 e. The fourth-order valence-corrected chi connectivity index (χ4v) is 1.74. The molecule has 2 rings (SSSR count). The van der Waals surface area contributed by atoms with E-state index in [1.807, 2.05) is 42.5 Å². The minimum absolute atomic E-state index is 0.405. The molecule has 0 amide bonds. The van der Waals surface area contributed by atoms with E-state index < -0.39 is 6.10 Å². The molecule has 0 unspecified atom stereocenters. The topological polar surface area (TPSA) is 49.7 Å². The number of benzene rings is 1. The van der Waals surface area contributed by atoms with E-state index in [9.17, 15) is 5.11 Å². The predicted octanol–water partition coefficient (Wildman–Crippen LogP) is 0.879. The maximum atomic E-state index is 9.95. The van der Waals surface area contributed by atoms with Gasteiger partial charge in [0.15, 0.2) is 0 Å². The highest BCUT2D eigenvalue weighted by Crippen LogP contribution is 2.09. The van der Waals surface area contributed by atoms with E-state index >= 15 is 0 Å². The summed E-state index contributed by atoms with van der Waals surface area (Å²) in [6.07, 6.45) is 3.17. The number of nitrogens with zero attached hydrogens (tertiary/aromatic N) is 1. The highest BCUT2D eigenvalue weighted by atomic mass is 16.3. The number of rotatable bonds is 5. The van der Waals surface area contributed by atoms with Gasteiger partial charge in [0.25, 0.3) is 0 Å². The summed E-state index contributed by atoms with van der Waals surface area (Å²) in [7, 11) is 0. The summed E-state index contributed by atoms with van der Waals surface area (Å²) >= 11 is 0. The molecule has 0 saturated heterocycles. The first-order valence-electron chi connectivity index (χ1n) is 5.80. The van der Waals surface area contributed by atoms with Crippen LogP contribution in [-0.2, 0) is 6.54 Å². The number of aliphatic hydroxyl groups is 1. The SMILES string of the molecule is O[C@H](C[NH2+]Cc1ccncc1)c1ccccc1. The fraction of sp³-hybridized carbons (Fsp3) is 0.214. The van der Waals surface area contributed by atoms with Crippen LogP contribution in [0.3, 0.4) is 0 Å². The molecule has 0 aliphatic carbocycles. The Hall–Kier alpha value is -1.71. The molecule has 1 aromatic heterocycles. The lowest BCUT2D eigenvalue weighted by Crippen LogP contribution is -2.83. The molecule has 17 heavy (non-hydrogen) atoms. The average molecular weight is 229 g/mol. The Bertz CT molecular complexity index is 430. The van der Waals surface area contributed by atoms with Gasteiger partial charge in [0.1, 0.15) is 19.2 Å². The van der Waals surface area contributed by atoms with Crippen molar-refractivity contribution in [2.45, 2.75) is 12.6 Å². The lowest BCUT2D eigenvalue weighted by molar-refractivity contribution is -0.677. The van der Waals surface area contributed by atoms with Crippen molar-refractivity contribution in [2.75, 3.05) is 6.54 Å². The summed E-state index contributed by atoms with van der Waals surface area (Å²) in [5, 5.41) is 12.1. The lowest BCUT2D eigenvalue weighted by atomic mass is 10.1. The maximum absolute atomic E-state index is 9.95. The van der Waals surface area contributed by atoms with Crippen LogP contribution in [0, 0.1) is 0 Å². The van der Waals surface area contributed by atoms with E-state index in [4.69, 9.17) is 0 Å². The second kappa shape index (κ2) is 6.13. The molecule has 0 fully saturated rings. The summed E-state index contributed by atoms with van der Waals surface area (Å²) in [5.74, 6) is 0. The summed E-state index contributed by atoms with van der Waals surface area (Å²) < 4.78 is 0. The number of aromatic nitrogens is 1. The first-order chi connectivity index (χ1) is 8.36. The zero-order valence-electron chi connectivity index (χ0n) is 9.66. The van der Waals surface area contributed by atoms with Crippen molar-refractivity contribution >= 4 is 0 Å². The monoisotopic (exact) mass is 229 g/mol. The standard InChI is InChI=1S/C14H16N2O/c17-14(13-4-2-1-3-5-13)11-16-10-12-6-8-15-9-7-12/h1-9,14,16-17H,10-11H2/p+1/t14-/m1/s1. The third-order valence-electron chi connectivity index (χ3n) is 2.70. The lowest BCUT2D eigenvalue weighted by Gasteiger charge is -2.09. The Labute approximate surface area is 101 Å². The fourth-order valence-electron chi connectivity index (χ4n) is 1.74. The van der Waals surface area contributed by atoms with Gasteiger partial charge < -0.3 is 10.4 Å². The van der Waals surface area contributed by atoms with Gasteiger partial charge in [-0.25, -0.2) is 0 Å². The minimum Gasteiger partial charge on any atom is -0.382 e. The third kappa shape index (κ3) is 3.66. The summed E-state index contributed by atoms with van der Waals surface area (Å²) in [4.78, 5) is 3.97. The van der Waals surface area contributed by atoms with E-state index in [0.717, 1.165) is 12.1 Å². The molecule has 0 bridgehead atoms. The third-order valence-corrected chi connectivity index (χ3v) is 2.70.